The Morgan fingerprint density at radius 3 is 2.56 bits per heavy atom. The number of fused-ring (bicyclic) bond motifs is 5. The highest BCUT2D eigenvalue weighted by molar-refractivity contribution is 5.88. The van der Waals surface area contributed by atoms with E-state index < -0.39 is 0 Å². The van der Waals surface area contributed by atoms with Crippen LogP contribution in [0.3, 0.4) is 0 Å². The lowest BCUT2D eigenvalue weighted by molar-refractivity contribution is 0.213. The molecule has 2 heterocycles. The van der Waals surface area contributed by atoms with Crippen molar-refractivity contribution in [1.29, 1.82) is 0 Å². The highest BCUT2D eigenvalue weighted by Gasteiger charge is 2.39. The molecule has 3 aromatic carbocycles. The third kappa shape index (κ3) is 2.90. The largest absolute Gasteiger partial charge is 0.493 e. The normalized spacial score (nSPS) is 21.9. The van der Waals surface area contributed by atoms with Crippen LogP contribution < -0.4 is 4.74 Å². The van der Waals surface area contributed by atoms with Crippen molar-refractivity contribution in [2.45, 2.75) is 12.5 Å². The zero-order valence-electron chi connectivity index (χ0n) is 14.1. The van der Waals surface area contributed by atoms with Crippen molar-refractivity contribution in [1.82, 2.24) is 4.90 Å². The van der Waals surface area contributed by atoms with Gasteiger partial charge in [0, 0.05) is 37.0 Å². The van der Waals surface area contributed by atoms with Gasteiger partial charge in [0.1, 0.15) is 5.75 Å². The molecule has 0 amide bonds. The molecule has 1 fully saturated rings. The summed E-state index contributed by atoms with van der Waals surface area (Å²) in [5, 5.41) is 2.69. The second-order valence-electron chi connectivity index (χ2n) is 7.06. The lowest BCUT2D eigenvalue weighted by atomic mass is 9.84. The first-order chi connectivity index (χ1) is 11.9. The molecule has 0 spiro atoms. The summed E-state index contributed by atoms with van der Waals surface area (Å²) in [6.45, 7) is 4.14. The molecule has 128 valence electrons. The van der Waals surface area contributed by atoms with Gasteiger partial charge in [-0.1, -0.05) is 60.7 Å². The minimum Gasteiger partial charge on any atom is -0.493 e. The topological polar surface area (TPSA) is 12.5 Å². The molecule has 5 rings (SSSR count). The van der Waals surface area contributed by atoms with Gasteiger partial charge in [0.05, 0.1) is 6.61 Å². The number of hydrogen-bond donors (Lipinski definition) is 0. The lowest BCUT2D eigenvalue weighted by Crippen LogP contribution is -2.25. The summed E-state index contributed by atoms with van der Waals surface area (Å²) in [4.78, 5) is 2.59. The first-order valence-electron chi connectivity index (χ1n) is 8.79. The SMILES string of the molecule is Cl.c1ccc(CN2CC3COc4ccc5ccccc5c4C3C2)cc1. The summed E-state index contributed by atoms with van der Waals surface area (Å²) in [6, 6.07) is 23.9. The monoisotopic (exact) mass is 351 g/mol. The highest BCUT2D eigenvalue weighted by atomic mass is 35.5. The van der Waals surface area contributed by atoms with Gasteiger partial charge in [0.15, 0.2) is 0 Å². The van der Waals surface area contributed by atoms with E-state index in [1.54, 1.807) is 0 Å². The van der Waals surface area contributed by atoms with Gasteiger partial charge in [-0.3, -0.25) is 4.90 Å². The lowest BCUT2D eigenvalue weighted by Gasteiger charge is -2.29. The fourth-order valence-electron chi connectivity index (χ4n) is 4.41. The van der Waals surface area contributed by atoms with E-state index in [1.165, 1.54) is 21.9 Å². The number of nitrogens with zero attached hydrogens (tertiary/aromatic N) is 1. The Hall–Kier alpha value is -2.03. The fourth-order valence-corrected chi connectivity index (χ4v) is 4.41. The predicted octanol–water partition coefficient (Wildman–Crippen LogP) is 4.87. The molecule has 0 radical (unpaired) electrons. The van der Waals surface area contributed by atoms with E-state index in [9.17, 15) is 0 Å². The van der Waals surface area contributed by atoms with Crippen LogP contribution in [0, 0.1) is 5.92 Å². The number of halogens is 1. The van der Waals surface area contributed by atoms with Crippen LogP contribution in [-0.2, 0) is 6.54 Å². The van der Waals surface area contributed by atoms with E-state index in [1.807, 2.05) is 0 Å². The summed E-state index contributed by atoms with van der Waals surface area (Å²) in [5.41, 5.74) is 2.83. The minimum atomic E-state index is 0. The van der Waals surface area contributed by atoms with E-state index in [2.05, 4.69) is 71.6 Å². The summed E-state index contributed by atoms with van der Waals surface area (Å²) in [7, 11) is 0. The van der Waals surface area contributed by atoms with Crippen LogP contribution in [-0.4, -0.2) is 24.6 Å². The van der Waals surface area contributed by atoms with Crippen molar-refractivity contribution in [2.24, 2.45) is 5.92 Å². The molecule has 0 aromatic heterocycles. The average Bonchev–Trinajstić information content (AvgIpc) is 3.04. The first kappa shape index (κ1) is 16.4. The molecule has 1 saturated heterocycles. The Kier molecular flexibility index (Phi) is 4.41. The van der Waals surface area contributed by atoms with Crippen LogP contribution in [0.4, 0.5) is 0 Å². The third-order valence-corrected chi connectivity index (χ3v) is 5.52. The van der Waals surface area contributed by atoms with Gasteiger partial charge in [-0.2, -0.15) is 0 Å². The molecular formula is C22H22ClNO. The number of hydrogen-bond acceptors (Lipinski definition) is 2. The minimum absolute atomic E-state index is 0. The molecule has 25 heavy (non-hydrogen) atoms. The third-order valence-electron chi connectivity index (χ3n) is 5.52. The fraction of sp³-hybridized carbons (Fsp3) is 0.273. The second-order valence-corrected chi connectivity index (χ2v) is 7.06. The van der Waals surface area contributed by atoms with Crippen molar-refractivity contribution < 1.29 is 4.74 Å². The molecule has 2 nitrogen and oxygen atoms in total. The quantitative estimate of drug-likeness (QED) is 0.653. The van der Waals surface area contributed by atoms with Gasteiger partial charge in [0.2, 0.25) is 0 Å². The molecule has 2 aliphatic rings. The zero-order chi connectivity index (χ0) is 15.9. The highest BCUT2D eigenvalue weighted by Crippen LogP contribution is 2.45. The van der Waals surface area contributed by atoms with E-state index in [4.69, 9.17) is 4.74 Å². The van der Waals surface area contributed by atoms with E-state index in [-0.39, 0.29) is 12.4 Å². The molecule has 3 heteroatoms. The van der Waals surface area contributed by atoms with Crippen LogP contribution in [0.1, 0.15) is 17.0 Å². The summed E-state index contributed by atoms with van der Waals surface area (Å²) in [6.07, 6.45) is 0. The van der Waals surface area contributed by atoms with Crippen molar-refractivity contribution in [3.63, 3.8) is 0 Å². The number of benzene rings is 3. The summed E-state index contributed by atoms with van der Waals surface area (Å²) < 4.78 is 6.12. The average molecular weight is 352 g/mol. The van der Waals surface area contributed by atoms with Crippen LogP contribution in [0.25, 0.3) is 10.8 Å². The Morgan fingerprint density at radius 1 is 0.880 bits per heavy atom. The Labute approximate surface area is 154 Å². The van der Waals surface area contributed by atoms with Gasteiger partial charge in [-0.15, -0.1) is 12.4 Å². The molecule has 0 bridgehead atoms. The first-order valence-corrected chi connectivity index (χ1v) is 8.79. The molecule has 3 aromatic rings. The smallest absolute Gasteiger partial charge is 0.123 e. The van der Waals surface area contributed by atoms with Gasteiger partial charge in [-0.05, 0) is 22.4 Å². The summed E-state index contributed by atoms with van der Waals surface area (Å²) in [5.74, 6) is 2.28. The molecule has 0 N–H and O–H groups in total. The Bertz CT molecular complexity index is 880. The molecule has 2 aliphatic heterocycles. The van der Waals surface area contributed by atoms with Crippen molar-refractivity contribution in [3.05, 3.63) is 77.9 Å². The summed E-state index contributed by atoms with van der Waals surface area (Å²) >= 11 is 0. The maximum atomic E-state index is 6.12. The van der Waals surface area contributed by atoms with E-state index >= 15 is 0 Å². The molecule has 2 atom stereocenters. The number of ether oxygens (including phenoxy) is 1. The van der Waals surface area contributed by atoms with Crippen molar-refractivity contribution in [3.8, 4) is 5.75 Å². The molecular weight excluding hydrogens is 330 g/mol. The van der Waals surface area contributed by atoms with Crippen LogP contribution in [0.5, 0.6) is 5.75 Å². The van der Waals surface area contributed by atoms with Crippen LogP contribution in [0.15, 0.2) is 66.7 Å². The van der Waals surface area contributed by atoms with Gasteiger partial charge >= 0.3 is 0 Å². The Balaban J connectivity index is 0.00000157. The maximum Gasteiger partial charge on any atom is 0.123 e. The van der Waals surface area contributed by atoms with E-state index in [0.29, 0.717) is 11.8 Å². The Morgan fingerprint density at radius 2 is 1.68 bits per heavy atom. The second kappa shape index (κ2) is 6.70. The predicted molar refractivity (Wildman–Crippen MR) is 105 cm³/mol. The number of rotatable bonds is 2. The number of likely N-dealkylation sites (tertiary alicyclic amines) is 1. The zero-order valence-corrected chi connectivity index (χ0v) is 14.9. The molecule has 0 aliphatic carbocycles. The van der Waals surface area contributed by atoms with Gasteiger partial charge in [0.25, 0.3) is 0 Å². The van der Waals surface area contributed by atoms with Gasteiger partial charge < -0.3 is 4.74 Å². The maximum absolute atomic E-state index is 6.12. The van der Waals surface area contributed by atoms with E-state index in [0.717, 1.165) is 32.0 Å². The standard InChI is InChI=1S/C22H21NO.ClH/c1-2-6-16(7-3-1)12-23-13-18-15-24-21-11-10-17-8-4-5-9-19(17)22(21)20(18)14-23;/h1-11,18,20H,12-15H2;1H. The van der Waals surface area contributed by atoms with Crippen LogP contribution >= 0.6 is 12.4 Å². The van der Waals surface area contributed by atoms with Crippen molar-refractivity contribution >= 4 is 23.2 Å². The van der Waals surface area contributed by atoms with Gasteiger partial charge in [-0.25, -0.2) is 0 Å². The molecule has 2 unspecified atom stereocenters. The molecule has 0 saturated carbocycles. The van der Waals surface area contributed by atoms with Crippen molar-refractivity contribution in [2.75, 3.05) is 19.7 Å². The van der Waals surface area contributed by atoms with Crippen LogP contribution in [0.2, 0.25) is 0 Å².